The van der Waals surface area contributed by atoms with Crippen LogP contribution < -0.4 is 16.0 Å². The topological polar surface area (TPSA) is 85.8 Å². The first kappa shape index (κ1) is 20.2. The van der Waals surface area contributed by atoms with Gasteiger partial charge in [0.2, 0.25) is 11.8 Å². The first-order chi connectivity index (χ1) is 13.7. The van der Waals surface area contributed by atoms with Gasteiger partial charge >= 0.3 is 0 Å². The zero-order valence-electron chi connectivity index (χ0n) is 16.7. The maximum absolute atomic E-state index is 12.5. The molecular formula is C21H31N5O2. The highest BCUT2D eigenvalue weighted by Crippen LogP contribution is 2.19. The average molecular weight is 386 g/mol. The monoisotopic (exact) mass is 385 g/mol. The van der Waals surface area contributed by atoms with E-state index < -0.39 is 0 Å². The molecule has 1 aromatic carbocycles. The molecule has 1 fully saturated rings. The number of nitrogens with zero attached hydrogens (tertiary/aromatic N) is 2. The van der Waals surface area contributed by atoms with Crippen molar-refractivity contribution in [3.63, 3.8) is 0 Å². The molecule has 7 nitrogen and oxygen atoms in total. The molecule has 2 aliphatic heterocycles. The van der Waals surface area contributed by atoms with Crippen molar-refractivity contribution in [1.29, 1.82) is 0 Å². The second-order valence-corrected chi connectivity index (χ2v) is 7.38. The predicted molar refractivity (Wildman–Crippen MR) is 110 cm³/mol. The highest BCUT2D eigenvalue weighted by Gasteiger charge is 2.20. The van der Waals surface area contributed by atoms with E-state index in [-0.39, 0.29) is 17.9 Å². The van der Waals surface area contributed by atoms with Gasteiger partial charge in [-0.1, -0.05) is 24.3 Å². The van der Waals surface area contributed by atoms with Crippen LogP contribution in [0.2, 0.25) is 0 Å². The molecule has 1 atom stereocenters. The summed E-state index contributed by atoms with van der Waals surface area (Å²) in [6.07, 6.45) is 3.54. The largest absolute Gasteiger partial charge is 0.357 e. The molecule has 0 aromatic heterocycles. The summed E-state index contributed by atoms with van der Waals surface area (Å²) in [6, 6.07) is 8.56. The van der Waals surface area contributed by atoms with Gasteiger partial charge in [-0.2, -0.15) is 0 Å². The van der Waals surface area contributed by atoms with Gasteiger partial charge in [0.25, 0.3) is 0 Å². The number of hydrogen-bond acceptors (Lipinski definition) is 3. The van der Waals surface area contributed by atoms with E-state index in [9.17, 15) is 9.59 Å². The van der Waals surface area contributed by atoms with Crippen molar-refractivity contribution in [3.05, 3.63) is 35.4 Å². The first-order valence-electron chi connectivity index (χ1n) is 10.3. The minimum Gasteiger partial charge on any atom is -0.357 e. The van der Waals surface area contributed by atoms with Crippen LogP contribution in [-0.2, 0) is 22.6 Å². The minimum absolute atomic E-state index is 0.110. The summed E-state index contributed by atoms with van der Waals surface area (Å²) in [5.41, 5.74) is 2.62. The fourth-order valence-corrected chi connectivity index (χ4v) is 3.66. The van der Waals surface area contributed by atoms with E-state index in [0.29, 0.717) is 25.9 Å². The standard InChI is InChI=1S/C21H31N5O2/c1-2-22-21(25-18-9-10-19(27)24-14-18)23-12-5-8-20(28)26-13-11-16-6-3-4-7-17(16)15-26/h3-4,6-7,18H,2,5,8-15H2,1H3,(H,24,27)(H2,22,23,25). The lowest BCUT2D eigenvalue weighted by molar-refractivity contribution is -0.132. The Morgan fingerprint density at radius 2 is 2.11 bits per heavy atom. The minimum atomic E-state index is 0.110. The van der Waals surface area contributed by atoms with Gasteiger partial charge in [-0.25, -0.2) is 0 Å². The second kappa shape index (κ2) is 10.1. The van der Waals surface area contributed by atoms with Crippen molar-refractivity contribution >= 4 is 17.8 Å². The molecule has 2 amide bonds. The Morgan fingerprint density at radius 3 is 2.86 bits per heavy atom. The van der Waals surface area contributed by atoms with Crippen LogP contribution in [0.1, 0.15) is 43.7 Å². The summed E-state index contributed by atoms with van der Waals surface area (Å²) in [4.78, 5) is 30.4. The molecule has 1 unspecified atom stereocenters. The van der Waals surface area contributed by atoms with Crippen molar-refractivity contribution in [2.45, 2.75) is 51.6 Å². The molecule has 0 radical (unpaired) electrons. The van der Waals surface area contributed by atoms with E-state index in [4.69, 9.17) is 0 Å². The number of guanidine groups is 1. The van der Waals surface area contributed by atoms with E-state index >= 15 is 0 Å². The lowest BCUT2D eigenvalue weighted by Crippen LogP contribution is -2.51. The van der Waals surface area contributed by atoms with Crippen molar-refractivity contribution in [3.8, 4) is 0 Å². The Morgan fingerprint density at radius 1 is 1.29 bits per heavy atom. The van der Waals surface area contributed by atoms with E-state index in [1.54, 1.807) is 0 Å². The van der Waals surface area contributed by atoms with E-state index in [1.165, 1.54) is 11.1 Å². The van der Waals surface area contributed by atoms with Crippen molar-refractivity contribution in [2.24, 2.45) is 4.99 Å². The molecule has 3 N–H and O–H groups in total. The first-order valence-corrected chi connectivity index (χ1v) is 10.3. The third-order valence-electron chi connectivity index (χ3n) is 5.25. The smallest absolute Gasteiger partial charge is 0.222 e. The summed E-state index contributed by atoms with van der Waals surface area (Å²) in [7, 11) is 0. The predicted octanol–water partition coefficient (Wildman–Crippen LogP) is 1.19. The number of piperidine rings is 1. The molecule has 2 aliphatic rings. The van der Waals surface area contributed by atoms with Gasteiger partial charge in [0.1, 0.15) is 0 Å². The fourth-order valence-electron chi connectivity index (χ4n) is 3.66. The number of amides is 2. The van der Waals surface area contributed by atoms with Crippen LogP contribution in [0.5, 0.6) is 0 Å². The van der Waals surface area contributed by atoms with Gasteiger partial charge in [0.05, 0.1) is 0 Å². The average Bonchev–Trinajstić information content (AvgIpc) is 2.72. The Kier molecular flexibility index (Phi) is 7.28. The highest BCUT2D eigenvalue weighted by atomic mass is 16.2. The van der Waals surface area contributed by atoms with Gasteiger partial charge < -0.3 is 20.9 Å². The maximum atomic E-state index is 12.5. The van der Waals surface area contributed by atoms with Crippen molar-refractivity contribution in [1.82, 2.24) is 20.9 Å². The van der Waals surface area contributed by atoms with Crippen LogP contribution in [0.3, 0.4) is 0 Å². The Labute approximate surface area is 167 Å². The van der Waals surface area contributed by atoms with E-state index in [0.717, 1.165) is 44.9 Å². The quantitative estimate of drug-likeness (QED) is 0.390. The number of benzene rings is 1. The van der Waals surface area contributed by atoms with Crippen molar-refractivity contribution in [2.75, 3.05) is 26.2 Å². The van der Waals surface area contributed by atoms with Gasteiger partial charge in [-0.05, 0) is 37.3 Å². The summed E-state index contributed by atoms with van der Waals surface area (Å²) in [5.74, 6) is 1.07. The van der Waals surface area contributed by atoms with E-state index in [1.807, 2.05) is 17.9 Å². The SMILES string of the molecule is CCNC(=NCCCC(=O)N1CCc2ccccc2C1)NC1CCC(=O)NC1. The van der Waals surface area contributed by atoms with E-state index in [2.05, 4.69) is 39.1 Å². The number of fused-ring (bicyclic) bond motifs is 1. The summed E-state index contributed by atoms with van der Waals surface area (Å²) < 4.78 is 0. The Balaban J connectivity index is 1.42. The van der Waals surface area contributed by atoms with Crippen LogP contribution in [0.4, 0.5) is 0 Å². The summed E-state index contributed by atoms with van der Waals surface area (Å²) in [5, 5.41) is 9.47. The summed E-state index contributed by atoms with van der Waals surface area (Å²) >= 11 is 0. The number of hydrogen-bond donors (Lipinski definition) is 3. The molecule has 28 heavy (non-hydrogen) atoms. The number of carbonyl (C=O) groups excluding carboxylic acids is 2. The molecule has 0 spiro atoms. The zero-order chi connectivity index (χ0) is 19.8. The Hall–Kier alpha value is -2.57. The van der Waals surface area contributed by atoms with Gasteiger partial charge in [-0.15, -0.1) is 0 Å². The maximum Gasteiger partial charge on any atom is 0.222 e. The Bertz CT molecular complexity index is 709. The lowest BCUT2D eigenvalue weighted by atomic mass is 9.99. The second-order valence-electron chi connectivity index (χ2n) is 7.38. The number of rotatable bonds is 6. The molecule has 0 aliphatic carbocycles. The number of aliphatic imine (C=N–C) groups is 1. The van der Waals surface area contributed by atoms with Gasteiger partial charge in [0, 0.05) is 51.6 Å². The number of nitrogens with one attached hydrogen (secondary N) is 3. The normalized spacial score (nSPS) is 19.6. The van der Waals surface area contributed by atoms with Crippen LogP contribution in [0.15, 0.2) is 29.3 Å². The zero-order valence-corrected chi connectivity index (χ0v) is 16.7. The van der Waals surface area contributed by atoms with Gasteiger partial charge in [0.15, 0.2) is 5.96 Å². The highest BCUT2D eigenvalue weighted by molar-refractivity contribution is 5.81. The third-order valence-corrected chi connectivity index (χ3v) is 5.25. The van der Waals surface area contributed by atoms with Gasteiger partial charge in [-0.3, -0.25) is 14.6 Å². The summed E-state index contributed by atoms with van der Waals surface area (Å²) in [6.45, 7) is 5.55. The molecule has 152 valence electrons. The lowest BCUT2D eigenvalue weighted by Gasteiger charge is -2.29. The molecule has 2 heterocycles. The molecule has 1 aromatic rings. The van der Waals surface area contributed by atoms with Crippen LogP contribution >= 0.6 is 0 Å². The molecule has 7 heteroatoms. The molecule has 3 rings (SSSR count). The van der Waals surface area contributed by atoms with Crippen LogP contribution in [-0.4, -0.2) is 54.9 Å². The molecule has 0 saturated carbocycles. The van der Waals surface area contributed by atoms with Crippen LogP contribution in [0, 0.1) is 0 Å². The molecule has 1 saturated heterocycles. The number of carbonyl (C=O) groups is 2. The van der Waals surface area contributed by atoms with Crippen molar-refractivity contribution < 1.29 is 9.59 Å². The molecular weight excluding hydrogens is 354 g/mol. The third kappa shape index (κ3) is 5.71. The molecule has 0 bridgehead atoms. The fraction of sp³-hybridized carbons (Fsp3) is 0.571. The van der Waals surface area contributed by atoms with Crippen LogP contribution in [0.25, 0.3) is 0 Å².